The van der Waals surface area contributed by atoms with Crippen molar-refractivity contribution >= 4 is 8.58 Å². The summed E-state index contributed by atoms with van der Waals surface area (Å²) < 4.78 is 0. The molecular formula is C6H9P. The van der Waals surface area contributed by atoms with Gasteiger partial charge in [0.1, 0.15) is 0 Å². The molecule has 1 heteroatoms. The summed E-state index contributed by atoms with van der Waals surface area (Å²) in [5, 5.41) is 0. The van der Waals surface area contributed by atoms with E-state index in [1.807, 2.05) is 12.2 Å². The zero-order valence-corrected chi connectivity index (χ0v) is 5.22. The summed E-state index contributed by atoms with van der Waals surface area (Å²) in [6.07, 6.45) is 4.04. The Labute approximate surface area is 46.1 Å². The van der Waals surface area contributed by atoms with Gasteiger partial charge in [-0.3, -0.25) is 0 Å². The molecule has 3 atom stereocenters. The van der Waals surface area contributed by atoms with E-state index in [1.165, 1.54) is 0 Å². The fraction of sp³-hybridized carbons (Fsp3) is 0.333. The summed E-state index contributed by atoms with van der Waals surface area (Å²) in [5.41, 5.74) is 1.58. The Morgan fingerprint density at radius 2 is 1.57 bits per heavy atom. The van der Waals surface area contributed by atoms with Crippen molar-refractivity contribution in [3.8, 4) is 0 Å². The molecule has 0 nitrogen and oxygen atoms in total. The van der Waals surface area contributed by atoms with Gasteiger partial charge in [-0.2, -0.15) is 0 Å². The van der Waals surface area contributed by atoms with Crippen molar-refractivity contribution in [2.45, 2.75) is 11.3 Å². The number of allylic oxidation sites excluding steroid dienone is 2. The van der Waals surface area contributed by atoms with Crippen LogP contribution in [0.4, 0.5) is 0 Å². The Hall–Kier alpha value is -0.0900. The van der Waals surface area contributed by atoms with Gasteiger partial charge in [-0.1, -0.05) is 12.2 Å². The molecule has 1 heterocycles. The molecule has 1 aliphatic rings. The zero-order valence-electron chi connectivity index (χ0n) is 4.22. The van der Waals surface area contributed by atoms with Crippen LogP contribution >= 0.6 is 8.58 Å². The highest BCUT2D eigenvalue weighted by molar-refractivity contribution is 7.49. The van der Waals surface area contributed by atoms with Gasteiger partial charge in [0.2, 0.25) is 0 Å². The van der Waals surface area contributed by atoms with Crippen molar-refractivity contribution in [3.05, 3.63) is 25.3 Å². The summed E-state index contributed by atoms with van der Waals surface area (Å²) in [4.78, 5) is 0. The lowest BCUT2D eigenvalue weighted by molar-refractivity contribution is 1.24. The zero-order chi connectivity index (χ0) is 5.28. The fourth-order valence-corrected chi connectivity index (χ4v) is 1.47. The molecule has 0 bridgehead atoms. The van der Waals surface area contributed by atoms with E-state index in [-0.39, 0.29) is 0 Å². The fourth-order valence-electron chi connectivity index (χ4n) is 0.596. The van der Waals surface area contributed by atoms with Crippen LogP contribution in [0.25, 0.3) is 0 Å². The SMILES string of the molecule is C=C[C@@H]1P[C@@H]1C=C. The second kappa shape index (κ2) is 1.79. The normalized spacial score (nSPS) is 40.6. The quantitative estimate of drug-likeness (QED) is 0.377. The minimum Gasteiger partial charge on any atom is -0.106 e. The maximum absolute atomic E-state index is 3.68. The smallest absolute Gasteiger partial charge is 0.00457 e. The molecule has 0 aromatic heterocycles. The highest BCUT2D eigenvalue weighted by Gasteiger charge is 2.30. The first-order chi connectivity index (χ1) is 3.38. The monoisotopic (exact) mass is 112 g/mol. The van der Waals surface area contributed by atoms with Crippen molar-refractivity contribution in [1.82, 2.24) is 0 Å². The van der Waals surface area contributed by atoms with Crippen LogP contribution in [0.3, 0.4) is 0 Å². The molecule has 0 aromatic carbocycles. The average Bonchev–Trinajstić information content (AvgIpc) is 2.43. The van der Waals surface area contributed by atoms with Crippen LogP contribution in [0.2, 0.25) is 0 Å². The molecule has 0 N–H and O–H groups in total. The largest absolute Gasteiger partial charge is 0.106 e. The lowest BCUT2D eigenvalue weighted by Crippen LogP contribution is -1.79. The Balaban J connectivity index is 2.30. The third-order valence-corrected chi connectivity index (χ3v) is 2.75. The van der Waals surface area contributed by atoms with Gasteiger partial charge in [0.05, 0.1) is 0 Å². The highest BCUT2D eigenvalue weighted by atomic mass is 31.1. The molecule has 1 unspecified atom stereocenters. The minimum absolute atomic E-state index is 0.789. The van der Waals surface area contributed by atoms with Crippen molar-refractivity contribution in [2.24, 2.45) is 0 Å². The predicted molar refractivity (Wildman–Crippen MR) is 36.3 cm³/mol. The standard InChI is InChI=1S/C6H9P/c1-3-5-6(4-2)7-5/h3-7H,1-2H2/t5-,6+. The molecule has 1 fully saturated rings. The summed E-state index contributed by atoms with van der Waals surface area (Å²) in [5.74, 6) is 0. The molecule has 7 heavy (non-hydrogen) atoms. The van der Waals surface area contributed by atoms with Gasteiger partial charge in [-0.25, -0.2) is 0 Å². The van der Waals surface area contributed by atoms with E-state index in [1.54, 1.807) is 0 Å². The van der Waals surface area contributed by atoms with Gasteiger partial charge in [-0.05, 0) is 0 Å². The number of hydrogen-bond donors (Lipinski definition) is 0. The number of hydrogen-bond acceptors (Lipinski definition) is 0. The van der Waals surface area contributed by atoms with E-state index in [9.17, 15) is 0 Å². The Morgan fingerprint density at radius 3 is 1.71 bits per heavy atom. The molecule has 1 saturated heterocycles. The maximum atomic E-state index is 3.68. The van der Waals surface area contributed by atoms with Gasteiger partial charge >= 0.3 is 0 Å². The van der Waals surface area contributed by atoms with E-state index < -0.39 is 0 Å². The van der Waals surface area contributed by atoms with Gasteiger partial charge in [0.15, 0.2) is 0 Å². The third kappa shape index (κ3) is 0.920. The Kier molecular flexibility index (Phi) is 1.30. The summed E-state index contributed by atoms with van der Waals surface area (Å²) in [6.45, 7) is 7.36. The minimum atomic E-state index is 0.789. The molecule has 0 aliphatic carbocycles. The molecule has 0 saturated carbocycles. The third-order valence-electron chi connectivity index (χ3n) is 1.17. The summed E-state index contributed by atoms with van der Waals surface area (Å²) in [6, 6.07) is 0. The highest BCUT2D eigenvalue weighted by Crippen LogP contribution is 2.49. The summed E-state index contributed by atoms with van der Waals surface area (Å²) >= 11 is 0. The first kappa shape index (κ1) is 5.05. The van der Waals surface area contributed by atoms with Crippen LogP contribution in [-0.2, 0) is 0 Å². The van der Waals surface area contributed by atoms with Crippen LogP contribution in [-0.4, -0.2) is 11.3 Å². The molecule has 0 spiro atoms. The first-order valence-corrected chi connectivity index (χ1v) is 3.55. The van der Waals surface area contributed by atoms with E-state index in [0.29, 0.717) is 0 Å². The van der Waals surface area contributed by atoms with E-state index in [2.05, 4.69) is 13.2 Å². The van der Waals surface area contributed by atoms with E-state index >= 15 is 0 Å². The van der Waals surface area contributed by atoms with Crippen molar-refractivity contribution in [3.63, 3.8) is 0 Å². The topological polar surface area (TPSA) is 0 Å². The molecule has 1 aliphatic heterocycles. The number of rotatable bonds is 2. The van der Waals surface area contributed by atoms with E-state index in [4.69, 9.17) is 0 Å². The molecular weight excluding hydrogens is 103 g/mol. The molecule has 0 amide bonds. The van der Waals surface area contributed by atoms with Gasteiger partial charge in [0.25, 0.3) is 0 Å². The van der Waals surface area contributed by atoms with Crippen molar-refractivity contribution in [2.75, 3.05) is 0 Å². The second-order valence-corrected chi connectivity index (χ2v) is 3.36. The van der Waals surface area contributed by atoms with Crippen molar-refractivity contribution in [1.29, 1.82) is 0 Å². The second-order valence-electron chi connectivity index (χ2n) is 1.69. The van der Waals surface area contributed by atoms with Crippen LogP contribution in [0.1, 0.15) is 0 Å². The van der Waals surface area contributed by atoms with Gasteiger partial charge in [0, 0.05) is 11.3 Å². The molecule has 1 rings (SSSR count). The van der Waals surface area contributed by atoms with E-state index in [0.717, 1.165) is 19.9 Å². The lowest BCUT2D eigenvalue weighted by atomic mass is 10.3. The van der Waals surface area contributed by atoms with Crippen LogP contribution in [0.15, 0.2) is 25.3 Å². The van der Waals surface area contributed by atoms with Crippen molar-refractivity contribution < 1.29 is 0 Å². The van der Waals surface area contributed by atoms with Crippen LogP contribution in [0.5, 0.6) is 0 Å². The van der Waals surface area contributed by atoms with Gasteiger partial charge < -0.3 is 0 Å². The lowest BCUT2D eigenvalue weighted by Gasteiger charge is -1.74. The van der Waals surface area contributed by atoms with Gasteiger partial charge in [-0.15, -0.1) is 21.7 Å². The average molecular weight is 112 g/mol. The first-order valence-electron chi connectivity index (χ1n) is 2.39. The van der Waals surface area contributed by atoms with Crippen LogP contribution < -0.4 is 0 Å². The Morgan fingerprint density at radius 1 is 1.14 bits per heavy atom. The maximum Gasteiger partial charge on any atom is 0.00457 e. The molecule has 0 aromatic rings. The summed E-state index contributed by atoms with van der Waals surface area (Å²) in [7, 11) is 1.08. The molecule has 38 valence electrons. The molecule has 0 radical (unpaired) electrons. The predicted octanol–water partition coefficient (Wildman–Crippen LogP) is 1.79. The Bertz CT molecular complexity index is 84.4. The van der Waals surface area contributed by atoms with Crippen LogP contribution in [0, 0.1) is 0 Å².